The van der Waals surface area contributed by atoms with Crippen molar-refractivity contribution in [3.63, 3.8) is 0 Å². The van der Waals surface area contributed by atoms with Gasteiger partial charge in [0.1, 0.15) is 12.7 Å². The van der Waals surface area contributed by atoms with E-state index in [1.54, 1.807) is 0 Å². The summed E-state index contributed by atoms with van der Waals surface area (Å²) in [5.74, 6) is 1.53. The van der Waals surface area contributed by atoms with Crippen molar-refractivity contribution in [1.29, 1.82) is 0 Å². The highest BCUT2D eigenvalue weighted by atomic mass is 16.7. The van der Waals surface area contributed by atoms with Gasteiger partial charge in [-0.1, -0.05) is 27.2 Å². The van der Waals surface area contributed by atoms with Crippen LogP contribution in [-0.4, -0.2) is 30.6 Å². The molecule has 1 rings (SSSR count). The van der Waals surface area contributed by atoms with Gasteiger partial charge in [0.25, 0.3) is 0 Å². The van der Waals surface area contributed by atoms with E-state index in [4.69, 9.17) is 14.6 Å². The van der Waals surface area contributed by atoms with Crippen molar-refractivity contribution in [3.8, 4) is 0 Å². The highest BCUT2D eigenvalue weighted by molar-refractivity contribution is 5.60. The zero-order valence-electron chi connectivity index (χ0n) is 11.0. The second kappa shape index (κ2) is 6.84. The van der Waals surface area contributed by atoms with E-state index < -0.39 is 6.16 Å². The van der Waals surface area contributed by atoms with Gasteiger partial charge < -0.3 is 14.6 Å². The Kier molecular flexibility index (Phi) is 5.75. The molecule has 0 unspecified atom stereocenters. The first-order valence-electron chi connectivity index (χ1n) is 6.48. The average molecular weight is 244 g/mol. The van der Waals surface area contributed by atoms with Gasteiger partial charge in [-0.2, -0.15) is 0 Å². The van der Waals surface area contributed by atoms with Crippen molar-refractivity contribution in [3.05, 3.63) is 0 Å². The molecule has 1 fully saturated rings. The molecule has 1 saturated carbocycles. The third-order valence-corrected chi connectivity index (χ3v) is 3.52. The largest absolute Gasteiger partial charge is 0.508 e. The maximum absolute atomic E-state index is 11.4. The molecule has 0 aromatic heterocycles. The topological polar surface area (TPSA) is 55.8 Å². The SMILES string of the molecule is CC(C)[C@H]1CC[C@H](C)C[C@@H]1OC(=O)OCCO. The van der Waals surface area contributed by atoms with Crippen LogP contribution >= 0.6 is 0 Å². The number of hydrogen-bond donors (Lipinski definition) is 1. The van der Waals surface area contributed by atoms with E-state index in [0.717, 1.165) is 12.8 Å². The van der Waals surface area contributed by atoms with Crippen LogP contribution in [0.25, 0.3) is 0 Å². The zero-order valence-corrected chi connectivity index (χ0v) is 11.0. The first-order valence-corrected chi connectivity index (χ1v) is 6.48. The molecule has 0 amide bonds. The van der Waals surface area contributed by atoms with Gasteiger partial charge in [0.05, 0.1) is 6.61 Å². The Morgan fingerprint density at radius 2 is 2.12 bits per heavy atom. The minimum absolute atomic E-state index is 0.00739. The van der Waals surface area contributed by atoms with Crippen LogP contribution in [0.5, 0.6) is 0 Å². The Morgan fingerprint density at radius 3 is 2.71 bits per heavy atom. The zero-order chi connectivity index (χ0) is 12.8. The molecule has 4 heteroatoms. The van der Waals surface area contributed by atoms with E-state index in [1.807, 2.05) is 0 Å². The predicted octanol–water partition coefficient (Wildman–Crippen LogP) is 2.59. The molecule has 0 saturated heterocycles. The van der Waals surface area contributed by atoms with Crippen LogP contribution in [0.1, 0.15) is 40.0 Å². The molecule has 17 heavy (non-hydrogen) atoms. The van der Waals surface area contributed by atoms with Gasteiger partial charge in [0.15, 0.2) is 0 Å². The molecule has 100 valence electrons. The lowest BCUT2D eigenvalue weighted by Crippen LogP contribution is -2.36. The smallest absolute Gasteiger partial charge is 0.432 e. The summed E-state index contributed by atoms with van der Waals surface area (Å²) in [7, 11) is 0. The number of aliphatic hydroxyl groups is 1. The molecule has 1 aliphatic carbocycles. The third-order valence-electron chi connectivity index (χ3n) is 3.52. The molecule has 0 aromatic carbocycles. The lowest BCUT2D eigenvalue weighted by atomic mass is 9.75. The van der Waals surface area contributed by atoms with E-state index in [-0.39, 0.29) is 19.3 Å². The number of carbonyl (C=O) groups excluding carboxylic acids is 1. The molecule has 1 aliphatic rings. The van der Waals surface area contributed by atoms with Crippen LogP contribution in [0, 0.1) is 17.8 Å². The minimum atomic E-state index is -0.649. The molecule has 0 aromatic rings. The van der Waals surface area contributed by atoms with E-state index >= 15 is 0 Å². The normalized spacial score (nSPS) is 29.1. The number of aliphatic hydroxyl groups excluding tert-OH is 1. The van der Waals surface area contributed by atoms with Crippen LogP contribution in [0.4, 0.5) is 4.79 Å². The fourth-order valence-corrected chi connectivity index (χ4v) is 2.54. The fraction of sp³-hybridized carbons (Fsp3) is 0.923. The third kappa shape index (κ3) is 4.54. The van der Waals surface area contributed by atoms with Crippen molar-refractivity contribution < 1.29 is 19.4 Å². The molecule has 0 spiro atoms. The van der Waals surface area contributed by atoms with Crippen molar-refractivity contribution in [2.75, 3.05) is 13.2 Å². The summed E-state index contributed by atoms with van der Waals surface area (Å²) in [4.78, 5) is 11.4. The van der Waals surface area contributed by atoms with E-state index in [9.17, 15) is 4.79 Å². The van der Waals surface area contributed by atoms with Crippen LogP contribution in [0.15, 0.2) is 0 Å². The Bertz CT molecular complexity index is 240. The molecular weight excluding hydrogens is 220 g/mol. The maximum Gasteiger partial charge on any atom is 0.508 e. The minimum Gasteiger partial charge on any atom is -0.432 e. The van der Waals surface area contributed by atoms with Crippen LogP contribution in [0.3, 0.4) is 0 Å². The summed E-state index contributed by atoms with van der Waals surface area (Å²) in [6.07, 6.45) is 2.54. The summed E-state index contributed by atoms with van der Waals surface area (Å²) in [6.45, 7) is 6.36. The molecule has 0 bridgehead atoms. The molecule has 0 heterocycles. The van der Waals surface area contributed by atoms with Gasteiger partial charge in [0, 0.05) is 0 Å². The Labute approximate surface area is 103 Å². The molecule has 4 nitrogen and oxygen atoms in total. The number of carbonyl (C=O) groups is 1. The van der Waals surface area contributed by atoms with Crippen LogP contribution in [-0.2, 0) is 9.47 Å². The lowest BCUT2D eigenvalue weighted by molar-refractivity contribution is -0.0351. The second-order valence-corrected chi connectivity index (χ2v) is 5.30. The van der Waals surface area contributed by atoms with Gasteiger partial charge in [-0.05, 0) is 30.6 Å². The fourth-order valence-electron chi connectivity index (χ4n) is 2.54. The molecular formula is C13H24O4. The van der Waals surface area contributed by atoms with Crippen molar-refractivity contribution in [2.24, 2.45) is 17.8 Å². The van der Waals surface area contributed by atoms with Crippen LogP contribution < -0.4 is 0 Å². The summed E-state index contributed by atoms with van der Waals surface area (Å²) in [5.41, 5.74) is 0. The molecule has 0 radical (unpaired) electrons. The Morgan fingerprint density at radius 1 is 1.41 bits per heavy atom. The predicted molar refractivity (Wildman–Crippen MR) is 64.6 cm³/mol. The monoisotopic (exact) mass is 244 g/mol. The maximum atomic E-state index is 11.4. The number of ether oxygens (including phenoxy) is 2. The van der Waals surface area contributed by atoms with E-state index in [1.165, 1.54) is 6.42 Å². The summed E-state index contributed by atoms with van der Waals surface area (Å²) < 4.78 is 10.1. The summed E-state index contributed by atoms with van der Waals surface area (Å²) >= 11 is 0. The average Bonchev–Trinajstić information content (AvgIpc) is 2.26. The number of hydrogen-bond acceptors (Lipinski definition) is 4. The van der Waals surface area contributed by atoms with Crippen molar-refractivity contribution >= 4 is 6.16 Å². The standard InChI is InChI=1S/C13H24O4/c1-9(2)11-5-4-10(3)8-12(11)17-13(15)16-7-6-14/h9-12,14H,4-8H2,1-3H3/t10-,11+,12-/m0/s1. The van der Waals surface area contributed by atoms with Crippen molar-refractivity contribution in [2.45, 2.75) is 46.1 Å². The quantitative estimate of drug-likeness (QED) is 0.772. The highest BCUT2D eigenvalue weighted by Crippen LogP contribution is 2.35. The molecule has 0 aliphatic heterocycles. The van der Waals surface area contributed by atoms with E-state index in [0.29, 0.717) is 17.8 Å². The summed E-state index contributed by atoms with van der Waals surface area (Å²) in [6, 6.07) is 0. The Hall–Kier alpha value is -0.770. The lowest BCUT2D eigenvalue weighted by Gasteiger charge is -2.36. The molecule has 1 N–H and O–H groups in total. The number of rotatable bonds is 4. The Balaban J connectivity index is 2.48. The van der Waals surface area contributed by atoms with Crippen molar-refractivity contribution in [1.82, 2.24) is 0 Å². The van der Waals surface area contributed by atoms with Gasteiger partial charge in [0.2, 0.25) is 0 Å². The first kappa shape index (κ1) is 14.3. The van der Waals surface area contributed by atoms with Gasteiger partial charge in [-0.15, -0.1) is 0 Å². The first-order chi connectivity index (χ1) is 8.04. The van der Waals surface area contributed by atoms with Gasteiger partial charge in [-0.25, -0.2) is 4.79 Å². The van der Waals surface area contributed by atoms with Crippen LogP contribution in [0.2, 0.25) is 0 Å². The van der Waals surface area contributed by atoms with E-state index in [2.05, 4.69) is 20.8 Å². The second-order valence-electron chi connectivity index (χ2n) is 5.30. The highest BCUT2D eigenvalue weighted by Gasteiger charge is 2.33. The van der Waals surface area contributed by atoms with Gasteiger partial charge >= 0.3 is 6.16 Å². The summed E-state index contributed by atoms with van der Waals surface area (Å²) in [5, 5.41) is 8.57. The van der Waals surface area contributed by atoms with Gasteiger partial charge in [-0.3, -0.25) is 0 Å². The molecule has 3 atom stereocenters.